The van der Waals surface area contributed by atoms with Gasteiger partial charge in [-0.25, -0.2) is 4.39 Å². The predicted octanol–water partition coefficient (Wildman–Crippen LogP) is 3.59. The van der Waals surface area contributed by atoms with Crippen LogP contribution in [0.15, 0.2) is 48.7 Å². The molecule has 0 saturated carbocycles. The second kappa shape index (κ2) is 9.13. The van der Waals surface area contributed by atoms with Crippen molar-refractivity contribution in [3.8, 4) is 0 Å². The van der Waals surface area contributed by atoms with Crippen molar-refractivity contribution in [2.24, 2.45) is 0 Å². The molecule has 0 radical (unpaired) electrons. The van der Waals surface area contributed by atoms with Gasteiger partial charge in [0.15, 0.2) is 0 Å². The van der Waals surface area contributed by atoms with Crippen molar-refractivity contribution < 1.29 is 13.9 Å². The van der Waals surface area contributed by atoms with Gasteiger partial charge in [-0.2, -0.15) is 0 Å². The van der Waals surface area contributed by atoms with E-state index in [9.17, 15) is 9.18 Å². The Morgan fingerprint density at radius 3 is 2.79 bits per heavy atom. The standard InChI is InChI=1S/C19H23FN2O2/c1-3-24-13-7-11-18(23)22(2)19(17-10-4-5-12-21-17)15-8-6-9-16(20)14-15/h4-6,8-10,12,14,19H,3,7,11,13H2,1-2H3/t19-/m0/s1. The first-order chi connectivity index (χ1) is 11.6. The molecular weight excluding hydrogens is 307 g/mol. The van der Waals surface area contributed by atoms with E-state index in [1.807, 2.05) is 31.2 Å². The van der Waals surface area contributed by atoms with Gasteiger partial charge in [-0.3, -0.25) is 9.78 Å². The van der Waals surface area contributed by atoms with Crippen molar-refractivity contribution >= 4 is 5.91 Å². The zero-order valence-electron chi connectivity index (χ0n) is 14.1. The molecule has 24 heavy (non-hydrogen) atoms. The molecule has 0 spiro atoms. The Hall–Kier alpha value is -2.27. The Morgan fingerprint density at radius 2 is 2.12 bits per heavy atom. The van der Waals surface area contributed by atoms with E-state index >= 15 is 0 Å². The van der Waals surface area contributed by atoms with Crippen LogP contribution in [-0.4, -0.2) is 36.1 Å². The van der Waals surface area contributed by atoms with Gasteiger partial charge in [0, 0.05) is 32.9 Å². The Balaban J connectivity index is 2.21. The highest BCUT2D eigenvalue weighted by atomic mass is 19.1. The summed E-state index contributed by atoms with van der Waals surface area (Å²) in [7, 11) is 1.73. The average molecular weight is 330 g/mol. The molecule has 0 unspecified atom stereocenters. The van der Waals surface area contributed by atoms with Crippen molar-refractivity contribution in [1.82, 2.24) is 9.88 Å². The van der Waals surface area contributed by atoms with Crippen LogP contribution in [0.25, 0.3) is 0 Å². The summed E-state index contributed by atoms with van der Waals surface area (Å²) >= 11 is 0. The lowest BCUT2D eigenvalue weighted by molar-refractivity contribution is -0.131. The van der Waals surface area contributed by atoms with E-state index in [1.54, 1.807) is 24.2 Å². The molecular formula is C19H23FN2O2. The van der Waals surface area contributed by atoms with E-state index in [0.29, 0.717) is 37.3 Å². The number of aromatic nitrogens is 1. The van der Waals surface area contributed by atoms with Crippen LogP contribution in [-0.2, 0) is 9.53 Å². The highest BCUT2D eigenvalue weighted by Gasteiger charge is 2.24. The number of carbonyl (C=O) groups is 1. The van der Waals surface area contributed by atoms with E-state index in [0.717, 1.165) is 0 Å². The van der Waals surface area contributed by atoms with Gasteiger partial charge in [-0.05, 0) is 43.2 Å². The van der Waals surface area contributed by atoms with Gasteiger partial charge in [0.1, 0.15) is 5.82 Å². The quantitative estimate of drug-likeness (QED) is 0.695. The number of hydrogen-bond acceptors (Lipinski definition) is 3. The maximum Gasteiger partial charge on any atom is 0.223 e. The minimum Gasteiger partial charge on any atom is -0.382 e. The highest BCUT2D eigenvalue weighted by Crippen LogP contribution is 2.27. The van der Waals surface area contributed by atoms with Crippen LogP contribution in [0, 0.1) is 5.82 Å². The number of benzene rings is 1. The normalized spacial score (nSPS) is 12.0. The number of pyridine rings is 1. The summed E-state index contributed by atoms with van der Waals surface area (Å²) in [6, 6.07) is 11.4. The van der Waals surface area contributed by atoms with Crippen molar-refractivity contribution in [3.05, 3.63) is 65.7 Å². The van der Waals surface area contributed by atoms with Crippen molar-refractivity contribution in [2.45, 2.75) is 25.8 Å². The number of amides is 1. The number of nitrogens with zero attached hydrogens (tertiary/aromatic N) is 2. The van der Waals surface area contributed by atoms with Gasteiger partial charge < -0.3 is 9.64 Å². The monoisotopic (exact) mass is 330 g/mol. The van der Waals surface area contributed by atoms with Crippen LogP contribution < -0.4 is 0 Å². The van der Waals surface area contributed by atoms with Crippen LogP contribution in [0.2, 0.25) is 0 Å². The van der Waals surface area contributed by atoms with E-state index in [-0.39, 0.29) is 11.7 Å². The number of ether oxygens (including phenoxy) is 1. The second-order valence-corrected chi connectivity index (χ2v) is 5.52. The van der Waals surface area contributed by atoms with Crippen molar-refractivity contribution in [1.29, 1.82) is 0 Å². The first kappa shape index (κ1) is 18.1. The number of carbonyl (C=O) groups excluding carboxylic acids is 1. The number of halogens is 1. The van der Waals surface area contributed by atoms with E-state index in [2.05, 4.69) is 4.98 Å². The molecule has 4 nitrogen and oxygen atoms in total. The molecule has 0 bridgehead atoms. The maximum atomic E-state index is 13.7. The average Bonchev–Trinajstić information content (AvgIpc) is 2.60. The number of hydrogen-bond donors (Lipinski definition) is 0. The van der Waals surface area contributed by atoms with Gasteiger partial charge in [-0.1, -0.05) is 18.2 Å². The third kappa shape index (κ3) is 4.86. The van der Waals surface area contributed by atoms with Crippen molar-refractivity contribution in [3.63, 3.8) is 0 Å². The number of rotatable bonds is 8. The van der Waals surface area contributed by atoms with E-state index in [1.165, 1.54) is 12.1 Å². The zero-order chi connectivity index (χ0) is 17.4. The summed E-state index contributed by atoms with van der Waals surface area (Å²) in [6.45, 7) is 3.13. The predicted molar refractivity (Wildman–Crippen MR) is 91.0 cm³/mol. The Bertz CT molecular complexity index is 649. The molecule has 1 heterocycles. The zero-order valence-corrected chi connectivity index (χ0v) is 14.1. The fraction of sp³-hybridized carbons (Fsp3) is 0.368. The topological polar surface area (TPSA) is 42.4 Å². The first-order valence-electron chi connectivity index (χ1n) is 8.13. The molecule has 5 heteroatoms. The summed E-state index contributed by atoms with van der Waals surface area (Å²) in [5, 5.41) is 0. The lowest BCUT2D eigenvalue weighted by Gasteiger charge is -2.28. The van der Waals surface area contributed by atoms with Crippen LogP contribution >= 0.6 is 0 Å². The molecule has 1 atom stereocenters. The van der Waals surface area contributed by atoms with Gasteiger partial charge in [-0.15, -0.1) is 0 Å². The summed E-state index contributed by atoms with van der Waals surface area (Å²) in [5.41, 5.74) is 1.41. The first-order valence-corrected chi connectivity index (χ1v) is 8.13. The summed E-state index contributed by atoms with van der Waals surface area (Å²) < 4.78 is 18.9. The third-order valence-corrected chi connectivity index (χ3v) is 3.80. The van der Waals surface area contributed by atoms with Crippen molar-refractivity contribution in [2.75, 3.05) is 20.3 Å². The smallest absolute Gasteiger partial charge is 0.223 e. The third-order valence-electron chi connectivity index (χ3n) is 3.80. The maximum absolute atomic E-state index is 13.7. The van der Waals surface area contributed by atoms with Crippen LogP contribution in [0.1, 0.15) is 37.1 Å². The minimum absolute atomic E-state index is 0.0189. The molecule has 0 saturated heterocycles. The molecule has 0 fully saturated rings. The largest absolute Gasteiger partial charge is 0.382 e. The van der Waals surface area contributed by atoms with Gasteiger partial charge in [0.25, 0.3) is 0 Å². The van der Waals surface area contributed by atoms with E-state index in [4.69, 9.17) is 4.74 Å². The van der Waals surface area contributed by atoms with Crippen LogP contribution in [0.5, 0.6) is 0 Å². The summed E-state index contributed by atoms with van der Waals surface area (Å²) in [6.07, 6.45) is 2.72. The fourth-order valence-electron chi connectivity index (χ4n) is 2.60. The summed E-state index contributed by atoms with van der Waals surface area (Å²) in [4.78, 5) is 18.5. The van der Waals surface area contributed by atoms with Gasteiger partial charge >= 0.3 is 0 Å². The lowest BCUT2D eigenvalue weighted by Crippen LogP contribution is -2.32. The second-order valence-electron chi connectivity index (χ2n) is 5.52. The summed E-state index contributed by atoms with van der Waals surface area (Å²) in [5.74, 6) is -0.347. The van der Waals surface area contributed by atoms with Gasteiger partial charge in [0.05, 0.1) is 11.7 Å². The molecule has 0 aliphatic rings. The molecule has 2 aromatic rings. The fourth-order valence-corrected chi connectivity index (χ4v) is 2.60. The molecule has 2 rings (SSSR count). The molecule has 1 aromatic carbocycles. The van der Waals surface area contributed by atoms with E-state index < -0.39 is 6.04 Å². The lowest BCUT2D eigenvalue weighted by atomic mass is 10.0. The molecule has 1 aromatic heterocycles. The SMILES string of the molecule is CCOCCCC(=O)N(C)[C@@H](c1cccc(F)c1)c1ccccn1. The van der Waals surface area contributed by atoms with Gasteiger partial charge in [0.2, 0.25) is 5.91 Å². The molecule has 0 aliphatic heterocycles. The molecule has 1 amide bonds. The molecule has 0 aliphatic carbocycles. The molecule has 0 N–H and O–H groups in total. The molecule has 128 valence electrons. The minimum atomic E-state index is -0.415. The van der Waals surface area contributed by atoms with Crippen LogP contribution in [0.3, 0.4) is 0 Å². The Kier molecular flexibility index (Phi) is 6.88. The van der Waals surface area contributed by atoms with Crippen LogP contribution in [0.4, 0.5) is 4.39 Å². The Labute approximate surface area is 142 Å². The Morgan fingerprint density at radius 1 is 1.29 bits per heavy atom. The highest BCUT2D eigenvalue weighted by molar-refractivity contribution is 5.76.